The zero-order valence-electron chi connectivity index (χ0n) is 17.9. The molecule has 2 fully saturated rings. The van der Waals surface area contributed by atoms with Gasteiger partial charge in [-0.05, 0) is 32.3 Å². The van der Waals surface area contributed by atoms with Gasteiger partial charge in [0.05, 0.1) is 16.7 Å². The van der Waals surface area contributed by atoms with E-state index in [-0.39, 0.29) is 16.6 Å². The van der Waals surface area contributed by atoms with Crippen LogP contribution in [0.4, 0.5) is 0 Å². The fourth-order valence-electron chi connectivity index (χ4n) is 4.09. The lowest BCUT2D eigenvalue weighted by Crippen LogP contribution is -2.53. The van der Waals surface area contributed by atoms with Crippen LogP contribution in [0.25, 0.3) is 0 Å². The van der Waals surface area contributed by atoms with Crippen molar-refractivity contribution in [2.45, 2.75) is 55.3 Å². The molecule has 0 saturated carbocycles. The van der Waals surface area contributed by atoms with E-state index in [1.54, 1.807) is 37.4 Å². The van der Waals surface area contributed by atoms with Crippen LogP contribution in [0.3, 0.4) is 0 Å². The third-order valence-corrected chi connectivity index (χ3v) is 9.06. The van der Waals surface area contributed by atoms with Gasteiger partial charge in [-0.2, -0.15) is 0 Å². The maximum absolute atomic E-state index is 13.2. The van der Waals surface area contributed by atoms with Crippen LogP contribution < -0.4 is 5.32 Å². The molecule has 7 nitrogen and oxygen atoms in total. The summed E-state index contributed by atoms with van der Waals surface area (Å²) in [5, 5.41) is 12.8. The van der Waals surface area contributed by atoms with Crippen LogP contribution in [-0.4, -0.2) is 74.7 Å². The second-order valence-electron chi connectivity index (χ2n) is 7.85. The van der Waals surface area contributed by atoms with Crippen molar-refractivity contribution in [3.63, 3.8) is 0 Å². The molecule has 2 saturated heterocycles. The Labute approximate surface area is 191 Å². The minimum Gasteiger partial charge on any atom is -0.480 e. The number of thioether (sulfide) groups is 2. The fourth-order valence-corrected chi connectivity index (χ4v) is 7.34. The molecule has 0 bridgehead atoms. The number of hydrogen-bond acceptors (Lipinski definition) is 7. The summed E-state index contributed by atoms with van der Waals surface area (Å²) in [4.78, 5) is 39.1. The highest BCUT2D eigenvalue weighted by Gasteiger charge is 2.52. The normalized spacial score (nSPS) is 21.7. The fraction of sp³-hybridized carbons (Fsp3) is 0.591. The Morgan fingerprint density at radius 2 is 1.94 bits per heavy atom. The average molecular weight is 467 g/mol. The third kappa shape index (κ3) is 5.96. The van der Waals surface area contributed by atoms with Crippen molar-refractivity contribution in [1.29, 1.82) is 0 Å². The van der Waals surface area contributed by atoms with Crippen LogP contribution in [0.2, 0.25) is 0 Å². The van der Waals surface area contributed by atoms with E-state index in [9.17, 15) is 19.5 Å². The first-order valence-electron chi connectivity index (χ1n) is 10.6. The van der Waals surface area contributed by atoms with Crippen LogP contribution in [0.15, 0.2) is 30.3 Å². The Balaban J connectivity index is 1.67. The summed E-state index contributed by atoms with van der Waals surface area (Å²) in [5.74, 6) is 0.282. The van der Waals surface area contributed by atoms with E-state index in [1.807, 2.05) is 30.3 Å². The highest BCUT2D eigenvalue weighted by Crippen LogP contribution is 2.51. The van der Waals surface area contributed by atoms with Crippen LogP contribution in [0, 0.1) is 0 Å². The van der Waals surface area contributed by atoms with Crippen molar-refractivity contribution in [1.82, 2.24) is 10.2 Å². The topological polar surface area (TPSA) is 95.9 Å². The predicted octanol–water partition coefficient (Wildman–Crippen LogP) is 2.39. The van der Waals surface area contributed by atoms with Gasteiger partial charge in [-0.15, -0.1) is 23.5 Å². The van der Waals surface area contributed by atoms with Gasteiger partial charge in [0, 0.05) is 24.5 Å². The molecule has 3 rings (SSSR count). The van der Waals surface area contributed by atoms with E-state index in [0.717, 1.165) is 17.1 Å². The number of likely N-dealkylation sites (tertiary alicyclic amines) is 1. The molecule has 9 heteroatoms. The average Bonchev–Trinajstić information content (AvgIpc) is 3.38. The summed E-state index contributed by atoms with van der Waals surface area (Å²) < 4.78 is 4.98. The summed E-state index contributed by atoms with van der Waals surface area (Å²) in [6, 6.07) is 7.65. The first-order valence-corrected chi connectivity index (χ1v) is 12.6. The van der Waals surface area contributed by atoms with Gasteiger partial charge in [0.2, 0.25) is 5.91 Å². The Bertz CT molecular complexity index is 785. The molecule has 1 spiro atoms. The molecular weight excluding hydrogens is 436 g/mol. The predicted molar refractivity (Wildman–Crippen MR) is 123 cm³/mol. The Kier molecular flexibility index (Phi) is 8.30. The van der Waals surface area contributed by atoms with Gasteiger partial charge in [0.15, 0.2) is 0 Å². The molecule has 170 valence electrons. The van der Waals surface area contributed by atoms with Crippen LogP contribution in [-0.2, 0) is 25.5 Å². The zero-order valence-corrected chi connectivity index (χ0v) is 19.5. The highest BCUT2D eigenvalue weighted by atomic mass is 32.2. The first kappa shape index (κ1) is 23.9. The molecule has 31 heavy (non-hydrogen) atoms. The number of carboxylic acid groups (broad SMARTS) is 1. The van der Waals surface area contributed by atoms with E-state index in [4.69, 9.17) is 4.74 Å². The van der Waals surface area contributed by atoms with Crippen molar-refractivity contribution >= 4 is 41.4 Å². The molecule has 1 aromatic carbocycles. The maximum Gasteiger partial charge on any atom is 0.326 e. The number of esters is 1. The zero-order chi connectivity index (χ0) is 22.4. The molecule has 1 amide bonds. The number of carbonyl (C=O) groups excluding carboxylic acids is 2. The minimum atomic E-state index is -0.975. The van der Waals surface area contributed by atoms with E-state index in [1.165, 1.54) is 4.90 Å². The van der Waals surface area contributed by atoms with Crippen LogP contribution in [0.1, 0.15) is 32.3 Å². The number of carbonyl (C=O) groups is 3. The number of nitrogens with one attached hydrogen (secondary N) is 1. The van der Waals surface area contributed by atoms with Gasteiger partial charge in [0.1, 0.15) is 12.1 Å². The van der Waals surface area contributed by atoms with Crippen molar-refractivity contribution in [3.05, 3.63) is 35.9 Å². The number of amides is 1. The lowest BCUT2D eigenvalue weighted by atomic mass is 10.0. The van der Waals surface area contributed by atoms with Gasteiger partial charge in [0.25, 0.3) is 0 Å². The summed E-state index contributed by atoms with van der Waals surface area (Å²) in [5.41, 5.74) is 1.10. The number of benzene rings is 1. The highest BCUT2D eigenvalue weighted by molar-refractivity contribution is 8.21. The molecule has 2 aliphatic heterocycles. The van der Waals surface area contributed by atoms with Gasteiger partial charge < -0.3 is 14.7 Å². The standard InChI is InChI=1S/C22H30N2O5S2/c1-3-29-21(28)17(10-9-16-7-5-4-6-8-16)23-15(2)19(25)24-14-22(30-11-12-31-22)13-18(24)20(26)27/h4-8,15,17-18,23H,3,9-14H2,1-2H3,(H,26,27)/t15?,17-,18-/m0/s1. The maximum atomic E-state index is 13.2. The first-order chi connectivity index (χ1) is 14.8. The number of nitrogens with zero attached hydrogens (tertiary/aromatic N) is 1. The van der Waals surface area contributed by atoms with Gasteiger partial charge in [-0.1, -0.05) is 30.3 Å². The molecule has 2 N–H and O–H groups in total. The quantitative estimate of drug-likeness (QED) is 0.536. The summed E-state index contributed by atoms with van der Waals surface area (Å²) >= 11 is 3.50. The van der Waals surface area contributed by atoms with Crippen LogP contribution >= 0.6 is 23.5 Å². The molecule has 2 aliphatic rings. The minimum absolute atomic E-state index is 0.230. The lowest BCUT2D eigenvalue weighted by molar-refractivity contribution is -0.150. The number of rotatable bonds is 9. The van der Waals surface area contributed by atoms with Crippen molar-refractivity contribution in [2.75, 3.05) is 24.7 Å². The third-order valence-electron chi connectivity index (χ3n) is 5.63. The Hall–Kier alpha value is -1.71. The number of aryl methyl sites for hydroxylation is 1. The molecule has 1 unspecified atom stereocenters. The largest absolute Gasteiger partial charge is 0.480 e. The van der Waals surface area contributed by atoms with Crippen molar-refractivity contribution in [2.24, 2.45) is 0 Å². The van der Waals surface area contributed by atoms with E-state index < -0.39 is 30.1 Å². The summed E-state index contributed by atoms with van der Waals surface area (Å²) in [7, 11) is 0. The van der Waals surface area contributed by atoms with Crippen molar-refractivity contribution in [3.8, 4) is 0 Å². The molecule has 0 radical (unpaired) electrons. The molecule has 0 aliphatic carbocycles. The van der Waals surface area contributed by atoms with Crippen LogP contribution in [0.5, 0.6) is 0 Å². The Morgan fingerprint density at radius 1 is 1.26 bits per heavy atom. The monoisotopic (exact) mass is 466 g/mol. The van der Waals surface area contributed by atoms with E-state index in [2.05, 4.69) is 5.32 Å². The lowest BCUT2D eigenvalue weighted by Gasteiger charge is -2.28. The smallest absolute Gasteiger partial charge is 0.326 e. The van der Waals surface area contributed by atoms with Crippen molar-refractivity contribution < 1.29 is 24.2 Å². The number of aliphatic carboxylic acids is 1. The summed E-state index contributed by atoms with van der Waals surface area (Å²) in [6.45, 7) is 4.11. The van der Waals surface area contributed by atoms with Gasteiger partial charge in [-0.25, -0.2) is 4.79 Å². The Morgan fingerprint density at radius 3 is 2.55 bits per heavy atom. The second-order valence-corrected chi connectivity index (χ2v) is 11.1. The number of hydrogen-bond donors (Lipinski definition) is 2. The number of carboxylic acids is 1. The summed E-state index contributed by atoms with van der Waals surface area (Å²) in [6.07, 6.45) is 1.60. The SMILES string of the molecule is CCOC(=O)[C@H](CCc1ccccc1)NC(C)C(=O)N1CC2(C[C@H]1C(=O)O)SCCS2. The number of ether oxygens (including phenoxy) is 1. The van der Waals surface area contributed by atoms with Gasteiger partial charge >= 0.3 is 11.9 Å². The molecule has 3 atom stereocenters. The van der Waals surface area contributed by atoms with E-state index in [0.29, 0.717) is 25.8 Å². The molecule has 0 aromatic heterocycles. The molecular formula is C22H30N2O5S2. The molecule has 1 aromatic rings. The molecule has 2 heterocycles. The second kappa shape index (κ2) is 10.7. The van der Waals surface area contributed by atoms with Gasteiger partial charge in [-0.3, -0.25) is 14.9 Å². The van der Waals surface area contributed by atoms with E-state index >= 15 is 0 Å².